The number of fused-ring (bicyclic) bond motifs is 5. The molecule has 2 N–H and O–H groups in total. The molecule has 0 bridgehead atoms. The van der Waals surface area contributed by atoms with Crippen LogP contribution in [-0.2, 0) is 9.59 Å². The van der Waals surface area contributed by atoms with Gasteiger partial charge in [-0.1, -0.05) is 29.8 Å². The van der Waals surface area contributed by atoms with Gasteiger partial charge in [0, 0.05) is 17.8 Å². The molecule has 0 radical (unpaired) electrons. The van der Waals surface area contributed by atoms with E-state index in [9.17, 15) is 19.8 Å². The number of rotatable bonds is 2. The van der Waals surface area contributed by atoms with Gasteiger partial charge >= 0.3 is 0 Å². The molecule has 4 fully saturated rings. The first-order chi connectivity index (χ1) is 12.2. The summed E-state index contributed by atoms with van der Waals surface area (Å²) in [5.74, 6) is 1.05. The van der Waals surface area contributed by atoms with E-state index in [2.05, 4.69) is 22.9 Å². The smallest absolute Gasteiger partial charge is 0.175 e. The summed E-state index contributed by atoms with van der Waals surface area (Å²) in [5.41, 5.74) is -2.03. The third-order valence-corrected chi connectivity index (χ3v) is 9.57. The second-order valence-corrected chi connectivity index (χ2v) is 10.5. The second-order valence-electron chi connectivity index (χ2n) is 9.97. The van der Waals surface area contributed by atoms with Gasteiger partial charge < -0.3 is 10.2 Å². The van der Waals surface area contributed by atoms with Gasteiger partial charge in [-0.05, 0) is 68.1 Å². The summed E-state index contributed by atoms with van der Waals surface area (Å²) in [7, 11) is 0. The van der Waals surface area contributed by atoms with E-state index in [0.29, 0.717) is 18.8 Å². The van der Waals surface area contributed by atoms with E-state index in [1.165, 1.54) is 0 Å². The van der Waals surface area contributed by atoms with Gasteiger partial charge in [-0.15, -0.1) is 0 Å². The SMILES string of the molecule is C[C@]12CC[C@@H](O)C[C@@H]1CC[C@@H]1[C@@H]2C(=O)C[C@@]2(C)[C@H]1CC[C@@]2(O)C(=O)CBr. The van der Waals surface area contributed by atoms with Gasteiger partial charge in [0.15, 0.2) is 5.78 Å². The first kappa shape index (κ1) is 19.1. The zero-order valence-corrected chi connectivity index (χ0v) is 17.4. The largest absolute Gasteiger partial charge is 0.393 e. The van der Waals surface area contributed by atoms with Crippen molar-refractivity contribution in [3.63, 3.8) is 0 Å². The van der Waals surface area contributed by atoms with Crippen molar-refractivity contribution in [3.05, 3.63) is 0 Å². The molecule has 0 saturated heterocycles. The molecule has 8 atom stereocenters. The van der Waals surface area contributed by atoms with Crippen LogP contribution in [0, 0.1) is 34.5 Å². The first-order valence-corrected chi connectivity index (χ1v) is 11.3. The number of aliphatic hydroxyl groups is 2. The molecule has 0 spiro atoms. The van der Waals surface area contributed by atoms with Crippen molar-refractivity contribution >= 4 is 27.5 Å². The van der Waals surface area contributed by atoms with Crippen LogP contribution >= 0.6 is 15.9 Å². The highest BCUT2D eigenvalue weighted by Crippen LogP contribution is 2.67. The van der Waals surface area contributed by atoms with Crippen LogP contribution in [0.25, 0.3) is 0 Å². The van der Waals surface area contributed by atoms with Gasteiger partial charge in [-0.2, -0.15) is 0 Å². The lowest BCUT2D eigenvalue weighted by Gasteiger charge is -2.60. The topological polar surface area (TPSA) is 74.6 Å². The van der Waals surface area contributed by atoms with Gasteiger partial charge in [0.2, 0.25) is 0 Å². The van der Waals surface area contributed by atoms with Crippen LogP contribution in [0.2, 0.25) is 0 Å². The number of alkyl halides is 1. The van der Waals surface area contributed by atoms with Crippen molar-refractivity contribution in [2.75, 3.05) is 5.33 Å². The maximum atomic E-state index is 13.4. The Labute approximate surface area is 164 Å². The van der Waals surface area contributed by atoms with E-state index < -0.39 is 11.0 Å². The maximum absolute atomic E-state index is 13.4. The predicted octanol–water partition coefficient (Wildman–Crippen LogP) is 3.26. The fraction of sp³-hybridized carbons (Fsp3) is 0.905. The molecule has 26 heavy (non-hydrogen) atoms. The number of halogens is 1. The summed E-state index contributed by atoms with van der Waals surface area (Å²) in [6.07, 6.45) is 5.98. The van der Waals surface area contributed by atoms with E-state index in [4.69, 9.17) is 0 Å². The van der Waals surface area contributed by atoms with Crippen molar-refractivity contribution in [1.82, 2.24) is 0 Å². The lowest BCUT2D eigenvalue weighted by atomic mass is 9.44. The van der Waals surface area contributed by atoms with E-state index in [1.54, 1.807) is 0 Å². The minimum absolute atomic E-state index is 0.0271. The van der Waals surface area contributed by atoms with E-state index in [-0.39, 0.29) is 46.2 Å². The Hall–Kier alpha value is -0.260. The summed E-state index contributed by atoms with van der Waals surface area (Å²) in [5, 5.41) is 21.5. The molecule has 4 aliphatic rings. The molecule has 0 unspecified atom stereocenters. The highest BCUT2D eigenvalue weighted by Gasteiger charge is 2.68. The molecule has 0 aromatic rings. The average molecular weight is 427 g/mol. The Morgan fingerprint density at radius 1 is 1.19 bits per heavy atom. The first-order valence-electron chi connectivity index (χ1n) is 10.2. The standard InChI is InChI=1S/C21H31BrO4/c1-19-7-5-13(23)9-12(19)3-4-14-15-6-8-21(26,17(25)11-22)20(15,2)10-16(24)18(14)19/h12-15,18,23,26H,3-11H2,1-2H3/t12-,13+,14-,15-,18+,19-,20-,21+/m0/s1. The summed E-state index contributed by atoms with van der Waals surface area (Å²) in [6.45, 7) is 4.25. The third kappa shape index (κ3) is 2.32. The minimum atomic E-state index is -1.37. The summed E-state index contributed by atoms with van der Waals surface area (Å²) < 4.78 is 0. The number of carbonyl (C=O) groups is 2. The van der Waals surface area contributed by atoms with Gasteiger partial charge in [0.05, 0.1) is 11.4 Å². The van der Waals surface area contributed by atoms with Gasteiger partial charge in [0.1, 0.15) is 11.4 Å². The molecule has 0 heterocycles. The van der Waals surface area contributed by atoms with Crippen molar-refractivity contribution in [3.8, 4) is 0 Å². The number of hydrogen-bond donors (Lipinski definition) is 2. The molecule has 4 nitrogen and oxygen atoms in total. The lowest BCUT2D eigenvalue weighted by Crippen LogP contribution is -2.62. The third-order valence-electron chi connectivity index (χ3n) is 9.06. The van der Waals surface area contributed by atoms with Crippen LogP contribution in [0.1, 0.15) is 65.2 Å². The number of hydrogen-bond acceptors (Lipinski definition) is 4. The molecule has 4 saturated carbocycles. The average Bonchev–Trinajstić information content (AvgIpc) is 2.86. The minimum Gasteiger partial charge on any atom is -0.393 e. The van der Waals surface area contributed by atoms with Crippen LogP contribution in [-0.4, -0.2) is 38.8 Å². The fourth-order valence-electron chi connectivity index (χ4n) is 7.62. The number of carbonyl (C=O) groups excluding carboxylic acids is 2. The quantitative estimate of drug-likeness (QED) is 0.664. The van der Waals surface area contributed by atoms with Crippen LogP contribution < -0.4 is 0 Å². The Kier molecular flexibility index (Phi) is 4.49. The van der Waals surface area contributed by atoms with Crippen molar-refractivity contribution < 1.29 is 19.8 Å². The molecule has 0 aromatic heterocycles. The zero-order chi connectivity index (χ0) is 18.9. The summed E-state index contributed by atoms with van der Waals surface area (Å²) in [4.78, 5) is 26.0. The van der Waals surface area contributed by atoms with Gasteiger partial charge in [0.25, 0.3) is 0 Å². The molecule has 0 amide bonds. The molecular formula is C21H31BrO4. The number of ketones is 2. The van der Waals surface area contributed by atoms with E-state index in [0.717, 1.165) is 38.5 Å². The number of Topliss-reactive ketones (excluding diaryl/α,β-unsaturated/α-hetero) is 2. The molecule has 0 aromatic carbocycles. The second kappa shape index (κ2) is 6.12. The van der Waals surface area contributed by atoms with Gasteiger partial charge in [-0.25, -0.2) is 0 Å². The van der Waals surface area contributed by atoms with Crippen LogP contribution in [0.5, 0.6) is 0 Å². The molecule has 0 aliphatic heterocycles. The Balaban J connectivity index is 1.70. The van der Waals surface area contributed by atoms with Crippen LogP contribution in [0.15, 0.2) is 0 Å². The van der Waals surface area contributed by atoms with Crippen molar-refractivity contribution in [1.29, 1.82) is 0 Å². The predicted molar refractivity (Wildman–Crippen MR) is 102 cm³/mol. The maximum Gasteiger partial charge on any atom is 0.175 e. The Bertz CT molecular complexity index is 636. The molecular weight excluding hydrogens is 396 g/mol. The zero-order valence-electron chi connectivity index (χ0n) is 15.8. The molecule has 4 aliphatic carbocycles. The lowest BCUT2D eigenvalue weighted by molar-refractivity contribution is -0.177. The van der Waals surface area contributed by atoms with Crippen molar-refractivity contribution in [2.24, 2.45) is 34.5 Å². The Morgan fingerprint density at radius 2 is 1.92 bits per heavy atom. The van der Waals surface area contributed by atoms with Crippen molar-refractivity contribution in [2.45, 2.75) is 76.9 Å². The Morgan fingerprint density at radius 3 is 2.62 bits per heavy atom. The molecule has 5 heteroatoms. The van der Waals surface area contributed by atoms with Crippen LogP contribution in [0.4, 0.5) is 0 Å². The normalized spacial score (nSPS) is 53.6. The number of aliphatic hydroxyl groups excluding tert-OH is 1. The molecule has 4 rings (SSSR count). The highest BCUT2D eigenvalue weighted by molar-refractivity contribution is 9.09. The fourth-order valence-corrected chi connectivity index (χ4v) is 8.09. The highest BCUT2D eigenvalue weighted by atomic mass is 79.9. The van der Waals surface area contributed by atoms with E-state index in [1.807, 2.05) is 6.92 Å². The monoisotopic (exact) mass is 426 g/mol. The summed E-state index contributed by atoms with van der Waals surface area (Å²) >= 11 is 3.23. The summed E-state index contributed by atoms with van der Waals surface area (Å²) in [6, 6.07) is 0. The van der Waals surface area contributed by atoms with Gasteiger partial charge in [-0.3, -0.25) is 9.59 Å². The van der Waals surface area contributed by atoms with E-state index >= 15 is 0 Å². The van der Waals surface area contributed by atoms with Crippen LogP contribution in [0.3, 0.4) is 0 Å². The molecule has 146 valence electrons.